The minimum Gasteiger partial charge on any atom is -0.481 e. The highest BCUT2D eigenvalue weighted by atomic mass is 16.4. The first-order valence-electron chi connectivity index (χ1n) is 7.33. The van der Waals surface area contributed by atoms with Crippen molar-refractivity contribution in [3.05, 3.63) is 6.33 Å². The first kappa shape index (κ1) is 39.9. The van der Waals surface area contributed by atoms with Gasteiger partial charge in [0.1, 0.15) is 6.33 Å². The Morgan fingerprint density at radius 2 is 1.70 bits per heavy atom. The number of hydrogen-bond acceptors (Lipinski definition) is 4. The smallest absolute Gasteiger partial charge is 0.304 e. The van der Waals surface area contributed by atoms with E-state index in [1.54, 1.807) is 0 Å². The van der Waals surface area contributed by atoms with E-state index in [9.17, 15) is 9.59 Å². The zero-order valence-electron chi connectivity index (χ0n) is 12.8. The Hall–Kier alpha value is -1.92. The molecule has 0 saturated carbocycles. The number of nitrogens with one attached hydrogen (secondary N) is 2. The summed E-state index contributed by atoms with van der Waals surface area (Å²) in [7, 11) is 0. The number of aliphatic carboxylic acids is 1. The van der Waals surface area contributed by atoms with Crippen LogP contribution in [0.3, 0.4) is 0 Å². The summed E-state index contributed by atoms with van der Waals surface area (Å²) >= 11 is 0. The molecule has 0 spiro atoms. The number of carboxylic acid groups (broad SMARTS) is 1. The van der Waals surface area contributed by atoms with Gasteiger partial charge in [0.15, 0.2) is 0 Å². The molecule has 3 atom stereocenters. The Bertz CT molecular complexity index is 450. The number of rotatable bonds is 9. The predicted octanol–water partition coefficient (Wildman–Crippen LogP) is 6.11. The molecule has 166 valence electrons. The molecule has 3 N–H and O–H groups in total. The Kier molecular flexibility index (Phi) is 30.2. The van der Waals surface area contributed by atoms with Gasteiger partial charge in [-0.15, -0.1) is 0 Å². The summed E-state index contributed by atoms with van der Waals surface area (Å²) < 4.78 is 0. The fourth-order valence-corrected chi connectivity index (χ4v) is 2.37. The Morgan fingerprint density at radius 1 is 1.15 bits per heavy atom. The number of H-pyrrole nitrogens is 1. The molecular weight excluding hydrogens is 344 g/mol. The van der Waals surface area contributed by atoms with Crippen molar-refractivity contribution in [2.45, 2.75) is 91.0 Å². The maximum Gasteiger partial charge on any atom is 0.304 e. The minimum atomic E-state index is -0.970. The maximum atomic E-state index is 12.3. The monoisotopic (exact) mass is 392 g/mol. The van der Waals surface area contributed by atoms with Crippen LogP contribution in [0.5, 0.6) is 0 Å². The van der Waals surface area contributed by atoms with Crippen LogP contribution in [0.1, 0.15) is 91.0 Å². The molecule has 0 bridgehead atoms. The molecule has 0 radical (unpaired) electrons. The van der Waals surface area contributed by atoms with E-state index in [0.29, 0.717) is 0 Å². The molecule has 3 unspecified atom stereocenters. The number of aromatic nitrogens is 3. The van der Waals surface area contributed by atoms with Crippen LogP contribution >= 0.6 is 0 Å². The first-order valence-corrected chi connectivity index (χ1v) is 7.33. The van der Waals surface area contributed by atoms with Gasteiger partial charge in [0, 0.05) is 0 Å². The van der Waals surface area contributed by atoms with Gasteiger partial charge in [-0.05, 0) is 11.8 Å². The average Bonchev–Trinajstić information content (AvgIpc) is 2.93. The van der Waals surface area contributed by atoms with Gasteiger partial charge < -0.3 is 5.11 Å². The highest BCUT2D eigenvalue weighted by Crippen LogP contribution is 2.28. The third-order valence-corrected chi connectivity index (χ3v) is 3.93. The number of anilines is 1. The van der Waals surface area contributed by atoms with E-state index in [-0.39, 0.29) is 74.7 Å². The van der Waals surface area contributed by atoms with E-state index in [0.717, 1.165) is 19.3 Å². The molecule has 0 aliphatic carbocycles. The van der Waals surface area contributed by atoms with Crippen molar-refractivity contribution in [2.75, 3.05) is 5.32 Å². The van der Waals surface area contributed by atoms with Crippen LogP contribution in [0.2, 0.25) is 0 Å². The molecule has 0 aromatic carbocycles. The van der Waals surface area contributed by atoms with Gasteiger partial charge >= 0.3 is 5.97 Å². The van der Waals surface area contributed by atoms with Gasteiger partial charge in [-0.25, -0.2) is 5.10 Å². The molecule has 1 rings (SSSR count). The predicted molar refractivity (Wildman–Crippen MR) is 119 cm³/mol. The Labute approximate surface area is 168 Å². The van der Waals surface area contributed by atoms with E-state index in [1.807, 2.05) is 6.92 Å². The van der Waals surface area contributed by atoms with Crippen LogP contribution in [0, 0.1) is 17.8 Å². The molecule has 27 heavy (non-hydrogen) atoms. The SMILES string of the molecule is C.C.C.C.C.C.CCCCC(C)C(C)C(CC(=O)O)C(=O)Nc1ncn[nH]1. The maximum absolute atomic E-state index is 12.3. The molecule has 7 nitrogen and oxygen atoms in total. The third kappa shape index (κ3) is 13.9. The summed E-state index contributed by atoms with van der Waals surface area (Å²) in [6.07, 6.45) is 4.26. The van der Waals surface area contributed by atoms with E-state index in [1.165, 1.54) is 6.33 Å². The second-order valence-corrected chi connectivity index (χ2v) is 5.51. The number of carbonyl (C=O) groups excluding carboxylic acids is 1. The standard InChI is InChI=1S/C14H24N4O3.6CH4/c1-4-5-6-9(2)10(3)11(7-12(19)20)13(21)17-14-15-8-16-18-14;;;;;;/h8-11H,4-7H2,1-3H3,(H,19,20)(H2,15,16,17,18,21);6*1H4. The second-order valence-electron chi connectivity index (χ2n) is 5.51. The van der Waals surface area contributed by atoms with Crippen molar-refractivity contribution in [2.24, 2.45) is 17.8 Å². The summed E-state index contributed by atoms with van der Waals surface area (Å²) in [6.45, 7) is 6.12. The number of carboxylic acids is 1. The van der Waals surface area contributed by atoms with E-state index >= 15 is 0 Å². The van der Waals surface area contributed by atoms with Gasteiger partial charge in [-0.1, -0.05) is 84.6 Å². The van der Waals surface area contributed by atoms with Crippen LogP contribution in [0.25, 0.3) is 0 Å². The average molecular weight is 393 g/mol. The number of amides is 1. The zero-order valence-corrected chi connectivity index (χ0v) is 12.8. The normalized spacial score (nSPS) is 11.8. The highest BCUT2D eigenvalue weighted by Gasteiger charge is 2.31. The third-order valence-electron chi connectivity index (χ3n) is 3.93. The largest absolute Gasteiger partial charge is 0.481 e. The van der Waals surface area contributed by atoms with Crippen molar-refractivity contribution < 1.29 is 14.7 Å². The lowest BCUT2D eigenvalue weighted by atomic mass is 9.79. The van der Waals surface area contributed by atoms with Gasteiger partial charge in [0.25, 0.3) is 0 Å². The van der Waals surface area contributed by atoms with Crippen LogP contribution < -0.4 is 5.32 Å². The molecule has 0 aliphatic rings. The summed E-state index contributed by atoms with van der Waals surface area (Å²) in [5.74, 6) is -1.37. The van der Waals surface area contributed by atoms with Crippen molar-refractivity contribution >= 4 is 17.8 Å². The van der Waals surface area contributed by atoms with E-state index in [2.05, 4.69) is 34.3 Å². The lowest BCUT2D eigenvalue weighted by Crippen LogP contribution is -2.33. The first-order chi connectivity index (χ1) is 9.95. The summed E-state index contributed by atoms with van der Waals surface area (Å²) in [5.41, 5.74) is 0. The number of nitrogens with zero attached hydrogens (tertiary/aromatic N) is 2. The van der Waals surface area contributed by atoms with Crippen LogP contribution in [0.15, 0.2) is 6.33 Å². The fraction of sp³-hybridized carbons (Fsp3) is 0.800. The quantitative estimate of drug-likeness (QED) is 0.469. The number of aromatic amines is 1. The number of carbonyl (C=O) groups is 2. The second kappa shape index (κ2) is 20.4. The molecule has 0 fully saturated rings. The van der Waals surface area contributed by atoms with Crippen LogP contribution in [-0.4, -0.2) is 32.2 Å². The molecule has 1 aromatic heterocycles. The fourth-order valence-electron chi connectivity index (χ4n) is 2.37. The van der Waals surface area contributed by atoms with Crippen molar-refractivity contribution in [3.63, 3.8) is 0 Å². The van der Waals surface area contributed by atoms with E-state index in [4.69, 9.17) is 5.11 Å². The molecule has 1 aromatic rings. The van der Waals surface area contributed by atoms with E-state index < -0.39 is 11.9 Å². The number of unbranched alkanes of at least 4 members (excludes halogenated alkanes) is 1. The molecule has 1 heterocycles. The van der Waals surface area contributed by atoms with Crippen LogP contribution in [-0.2, 0) is 9.59 Å². The molecule has 0 saturated heterocycles. The lowest BCUT2D eigenvalue weighted by Gasteiger charge is -2.26. The van der Waals surface area contributed by atoms with Crippen LogP contribution in [0.4, 0.5) is 5.95 Å². The molecule has 1 amide bonds. The van der Waals surface area contributed by atoms with Gasteiger partial charge in [0.05, 0.1) is 12.3 Å². The van der Waals surface area contributed by atoms with Crippen molar-refractivity contribution in [1.29, 1.82) is 0 Å². The topological polar surface area (TPSA) is 108 Å². The number of hydrogen-bond donors (Lipinski definition) is 3. The van der Waals surface area contributed by atoms with Gasteiger partial charge in [-0.2, -0.15) is 10.1 Å². The van der Waals surface area contributed by atoms with Crippen molar-refractivity contribution in [3.8, 4) is 0 Å². The van der Waals surface area contributed by atoms with Gasteiger partial charge in [0.2, 0.25) is 11.9 Å². The molecule has 0 aliphatic heterocycles. The Morgan fingerprint density at radius 3 is 2.11 bits per heavy atom. The Balaban J connectivity index is -0.000000184. The summed E-state index contributed by atoms with van der Waals surface area (Å²) in [5, 5.41) is 17.8. The van der Waals surface area contributed by atoms with Gasteiger partial charge in [-0.3, -0.25) is 14.9 Å². The highest BCUT2D eigenvalue weighted by molar-refractivity contribution is 5.93. The summed E-state index contributed by atoms with van der Waals surface area (Å²) in [4.78, 5) is 27.2. The molecular formula is C20H48N4O3. The molecule has 7 heteroatoms. The zero-order chi connectivity index (χ0) is 15.8. The minimum absolute atomic E-state index is 0. The van der Waals surface area contributed by atoms with Crippen molar-refractivity contribution in [1.82, 2.24) is 15.2 Å². The lowest BCUT2D eigenvalue weighted by molar-refractivity contribution is -0.141. The summed E-state index contributed by atoms with van der Waals surface area (Å²) in [6, 6.07) is 0.